The maximum Gasteiger partial charge on any atom is 0.270 e. The number of hydrogen-bond donors (Lipinski definition) is 3. The lowest BCUT2D eigenvalue weighted by atomic mass is 10.0. The third kappa shape index (κ3) is 6.79. The van der Waals surface area contributed by atoms with Crippen LogP contribution in [-0.4, -0.2) is 83.9 Å². The Morgan fingerprint density at radius 3 is 2.71 bits per heavy atom. The first-order valence-corrected chi connectivity index (χ1v) is 12.1. The number of halogens is 1. The van der Waals surface area contributed by atoms with Crippen molar-refractivity contribution in [3.63, 3.8) is 0 Å². The van der Waals surface area contributed by atoms with E-state index in [1.807, 2.05) is 0 Å². The molecule has 12 nitrogen and oxygen atoms in total. The Hall–Kier alpha value is -3.68. The Bertz CT molecular complexity index is 1200. The van der Waals surface area contributed by atoms with E-state index in [0.29, 0.717) is 29.2 Å². The second-order valence-electron chi connectivity index (χ2n) is 8.97. The van der Waals surface area contributed by atoms with Crippen molar-refractivity contribution >= 4 is 17.5 Å². The molecule has 4 rings (SSSR count). The highest BCUT2D eigenvalue weighted by Gasteiger charge is 2.35. The molecule has 2 aliphatic heterocycles. The molecule has 0 saturated carbocycles. The number of aliphatic hydroxyl groups excluding tert-OH is 1. The number of benzene rings is 1. The van der Waals surface area contributed by atoms with E-state index in [1.54, 1.807) is 13.0 Å². The Morgan fingerprint density at radius 2 is 2.00 bits per heavy atom. The lowest BCUT2D eigenvalue weighted by molar-refractivity contribution is -0.170. The number of aliphatic hydroxyl groups is 1. The summed E-state index contributed by atoms with van der Waals surface area (Å²) in [6, 6.07) is 5.89. The van der Waals surface area contributed by atoms with Gasteiger partial charge >= 0.3 is 0 Å². The average Bonchev–Trinajstić information content (AvgIpc) is 3.41. The minimum Gasteiger partial charge on any atom is -0.494 e. The largest absolute Gasteiger partial charge is 0.494 e. The molecule has 2 amide bonds. The zero-order valence-electron chi connectivity index (χ0n) is 21.3. The normalized spacial score (nSPS) is 21.7. The summed E-state index contributed by atoms with van der Waals surface area (Å²) in [5.41, 5.74) is 1.84. The summed E-state index contributed by atoms with van der Waals surface area (Å²) in [7, 11) is 1.37. The van der Waals surface area contributed by atoms with Gasteiger partial charge < -0.3 is 34.8 Å². The summed E-state index contributed by atoms with van der Waals surface area (Å²) in [6.45, 7) is 3.93. The maximum absolute atomic E-state index is 13.6. The number of rotatable bonds is 9. The van der Waals surface area contributed by atoms with Gasteiger partial charge in [-0.3, -0.25) is 9.59 Å². The van der Waals surface area contributed by atoms with Gasteiger partial charge in [0.25, 0.3) is 5.91 Å². The van der Waals surface area contributed by atoms with Crippen molar-refractivity contribution in [2.75, 3.05) is 26.9 Å². The second-order valence-corrected chi connectivity index (χ2v) is 8.97. The van der Waals surface area contributed by atoms with Crippen LogP contribution in [0.1, 0.15) is 40.9 Å². The first kappa shape index (κ1) is 27.4. The molecule has 2 aromatic rings. The van der Waals surface area contributed by atoms with Crippen molar-refractivity contribution < 1.29 is 38.1 Å². The number of oxime groups is 1. The number of aryl methyl sites for hydroxylation is 1. The van der Waals surface area contributed by atoms with Crippen molar-refractivity contribution in [3.05, 3.63) is 52.9 Å². The fourth-order valence-corrected chi connectivity index (χ4v) is 3.92. The second kappa shape index (κ2) is 12.2. The third-order valence-corrected chi connectivity index (χ3v) is 6.02. The smallest absolute Gasteiger partial charge is 0.270 e. The van der Waals surface area contributed by atoms with Crippen molar-refractivity contribution in [2.45, 2.75) is 51.2 Å². The van der Waals surface area contributed by atoms with Crippen LogP contribution in [0.25, 0.3) is 0 Å². The zero-order chi connectivity index (χ0) is 27.2. The summed E-state index contributed by atoms with van der Waals surface area (Å²) in [5.74, 6) is -0.897. The molecule has 1 fully saturated rings. The van der Waals surface area contributed by atoms with Gasteiger partial charge in [-0.25, -0.2) is 14.4 Å². The SMILES string of the molecule is COc1cc(CNC(=O)c2cc(C3=NOC(C4CO[C@H](CNC(=O)[C@H](C)O)CO4)C3)nc(C)n2)ccc1F. The first-order chi connectivity index (χ1) is 18.2. The van der Waals surface area contributed by atoms with E-state index in [4.69, 9.17) is 19.0 Å². The maximum atomic E-state index is 13.6. The predicted molar refractivity (Wildman–Crippen MR) is 131 cm³/mol. The fraction of sp³-hybridized carbons (Fsp3) is 0.480. The number of carbonyl (C=O) groups excluding carboxylic acids is 2. The van der Waals surface area contributed by atoms with Crippen LogP contribution >= 0.6 is 0 Å². The standard InChI is InChI=1S/C25H30FN5O7/c1-13(32)24(33)28-10-16-11-37-23(12-36-16)22-8-19(31-38-22)18-7-20(30-14(2)29-18)25(34)27-9-15-4-5-17(26)21(6-15)35-3/h4-7,13,16,22-23,32H,8-12H2,1-3H3,(H,27,34)(H,28,33)/t13-,16+,22?,23?/m0/s1. The summed E-state index contributed by atoms with van der Waals surface area (Å²) < 4.78 is 30.2. The van der Waals surface area contributed by atoms with Crippen LogP contribution in [0.5, 0.6) is 5.75 Å². The molecule has 1 aromatic carbocycles. The summed E-state index contributed by atoms with van der Waals surface area (Å²) >= 11 is 0. The van der Waals surface area contributed by atoms with Crippen LogP contribution in [-0.2, 0) is 25.7 Å². The topological polar surface area (TPSA) is 153 Å². The molecule has 0 bridgehead atoms. The molecule has 4 atom stereocenters. The average molecular weight is 532 g/mol. The number of methoxy groups -OCH3 is 1. The molecule has 0 radical (unpaired) electrons. The number of ether oxygens (including phenoxy) is 3. The van der Waals surface area contributed by atoms with Crippen LogP contribution in [0.15, 0.2) is 29.4 Å². The van der Waals surface area contributed by atoms with Crippen LogP contribution in [0, 0.1) is 12.7 Å². The highest BCUT2D eigenvalue weighted by atomic mass is 19.1. The van der Waals surface area contributed by atoms with E-state index in [0.717, 1.165) is 0 Å². The van der Waals surface area contributed by atoms with Gasteiger partial charge in [-0.2, -0.15) is 0 Å². The monoisotopic (exact) mass is 531 g/mol. The van der Waals surface area contributed by atoms with Gasteiger partial charge in [0.15, 0.2) is 17.7 Å². The molecule has 13 heteroatoms. The number of amides is 2. The molecule has 3 N–H and O–H groups in total. The van der Waals surface area contributed by atoms with Crippen LogP contribution < -0.4 is 15.4 Å². The van der Waals surface area contributed by atoms with Crippen LogP contribution in [0.3, 0.4) is 0 Å². The lowest BCUT2D eigenvalue weighted by Crippen LogP contribution is -2.47. The van der Waals surface area contributed by atoms with E-state index in [1.165, 1.54) is 32.2 Å². The van der Waals surface area contributed by atoms with Gasteiger partial charge in [-0.1, -0.05) is 11.2 Å². The van der Waals surface area contributed by atoms with Crippen molar-refractivity contribution in [1.82, 2.24) is 20.6 Å². The molecule has 2 unspecified atom stereocenters. The quantitative estimate of drug-likeness (QED) is 0.423. The highest BCUT2D eigenvalue weighted by Crippen LogP contribution is 2.23. The molecular formula is C25H30FN5O7. The molecule has 1 aromatic heterocycles. The Labute approximate surface area is 218 Å². The van der Waals surface area contributed by atoms with Crippen LogP contribution in [0.2, 0.25) is 0 Å². The number of nitrogens with one attached hydrogen (secondary N) is 2. The summed E-state index contributed by atoms with van der Waals surface area (Å²) in [5, 5.41) is 18.8. The van der Waals surface area contributed by atoms with Gasteiger partial charge in [0, 0.05) is 19.5 Å². The molecule has 0 aliphatic carbocycles. The van der Waals surface area contributed by atoms with E-state index < -0.39 is 29.8 Å². The minimum atomic E-state index is -1.09. The third-order valence-electron chi connectivity index (χ3n) is 6.02. The predicted octanol–water partition coefficient (Wildman–Crippen LogP) is 0.637. The Balaban J connectivity index is 1.31. The molecule has 2 aliphatic rings. The van der Waals surface area contributed by atoms with Gasteiger partial charge in [-0.05, 0) is 37.6 Å². The molecule has 204 valence electrons. The van der Waals surface area contributed by atoms with E-state index in [-0.39, 0.29) is 50.0 Å². The van der Waals surface area contributed by atoms with Gasteiger partial charge in [-0.15, -0.1) is 0 Å². The molecular weight excluding hydrogens is 501 g/mol. The van der Waals surface area contributed by atoms with Gasteiger partial charge in [0.05, 0.1) is 32.1 Å². The van der Waals surface area contributed by atoms with E-state index in [9.17, 15) is 19.1 Å². The first-order valence-electron chi connectivity index (χ1n) is 12.1. The number of hydrogen-bond acceptors (Lipinski definition) is 10. The fourth-order valence-electron chi connectivity index (χ4n) is 3.92. The summed E-state index contributed by atoms with van der Waals surface area (Å²) in [4.78, 5) is 38.5. The minimum absolute atomic E-state index is 0.0941. The molecule has 38 heavy (non-hydrogen) atoms. The Kier molecular flexibility index (Phi) is 8.81. The number of carbonyl (C=O) groups is 2. The molecule has 1 saturated heterocycles. The van der Waals surface area contributed by atoms with E-state index in [2.05, 4.69) is 25.8 Å². The summed E-state index contributed by atoms with van der Waals surface area (Å²) in [6.07, 6.45) is -1.81. The van der Waals surface area contributed by atoms with Crippen molar-refractivity contribution in [1.29, 1.82) is 0 Å². The molecule has 0 spiro atoms. The lowest BCUT2D eigenvalue weighted by Gasteiger charge is -2.31. The molecule has 3 heterocycles. The van der Waals surface area contributed by atoms with Gasteiger partial charge in [0.2, 0.25) is 5.91 Å². The van der Waals surface area contributed by atoms with Crippen molar-refractivity contribution in [3.8, 4) is 5.75 Å². The highest BCUT2D eigenvalue weighted by molar-refractivity contribution is 6.02. The van der Waals surface area contributed by atoms with Crippen LogP contribution in [0.4, 0.5) is 4.39 Å². The Morgan fingerprint density at radius 1 is 1.18 bits per heavy atom. The van der Waals surface area contributed by atoms with Crippen molar-refractivity contribution in [2.24, 2.45) is 5.16 Å². The van der Waals surface area contributed by atoms with Gasteiger partial charge in [0.1, 0.15) is 29.4 Å². The van der Waals surface area contributed by atoms with E-state index >= 15 is 0 Å². The number of aromatic nitrogens is 2. The zero-order valence-corrected chi connectivity index (χ0v) is 21.3. The number of nitrogens with zero attached hydrogens (tertiary/aromatic N) is 3.